The van der Waals surface area contributed by atoms with E-state index in [0.29, 0.717) is 5.92 Å². The summed E-state index contributed by atoms with van der Waals surface area (Å²) in [5.74, 6) is 0.470. The van der Waals surface area contributed by atoms with Crippen molar-refractivity contribution >= 4 is 22.7 Å². The first kappa shape index (κ1) is 9.52. The monoisotopic (exact) mass is 207 g/mol. The number of hydrogen-bond donors (Lipinski definition) is 1. The Hall–Kier alpha value is -1.03. The maximum atomic E-state index is 4.28. The average molecular weight is 207 g/mol. The Morgan fingerprint density at radius 2 is 2.21 bits per heavy atom. The van der Waals surface area contributed by atoms with Crippen LogP contribution < -0.4 is 0 Å². The van der Waals surface area contributed by atoms with Gasteiger partial charge in [0.25, 0.3) is 0 Å². The molecular formula is C10H13N3S. The molecule has 0 atom stereocenters. The Morgan fingerprint density at radius 3 is 2.86 bits per heavy atom. The molecule has 0 spiro atoms. The molecule has 0 aliphatic rings. The molecule has 2 rings (SSSR count). The first-order chi connectivity index (χ1) is 6.72. The summed E-state index contributed by atoms with van der Waals surface area (Å²) in [7, 11) is 0. The molecule has 0 fully saturated rings. The molecule has 0 bridgehead atoms. The van der Waals surface area contributed by atoms with E-state index in [-0.39, 0.29) is 0 Å². The van der Waals surface area contributed by atoms with E-state index in [1.165, 1.54) is 11.1 Å². The van der Waals surface area contributed by atoms with Gasteiger partial charge >= 0.3 is 0 Å². The van der Waals surface area contributed by atoms with Gasteiger partial charge in [-0.05, 0) is 18.2 Å². The fraction of sp³-hybridized carbons (Fsp3) is 0.400. The molecule has 0 radical (unpaired) electrons. The molecule has 2 heterocycles. The molecule has 14 heavy (non-hydrogen) atoms. The number of thioether (sulfide) groups is 1. The summed E-state index contributed by atoms with van der Waals surface area (Å²) >= 11 is 1.65. The van der Waals surface area contributed by atoms with E-state index in [1.807, 2.05) is 12.5 Å². The summed E-state index contributed by atoms with van der Waals surface area (Å²) in [5, 5.41) is 9.52. The van der Waals surface area contributed by atoms with Crippen LogP contribution >= 0.6 is 11.8 Å². The Labute approximate surface area is 87.3 Å². The minimum atomic E-state index is 0.470. The molecule has 0 amide bonds. The predicted octanol–water partition coefficient (Wildman–Crippen LogP) is 2.80. The first-order valence-corrected chi connectivity index (χ1v) is 5.83. The lowest BCUT2D eigenvalue weighted by Crippen LogP contribution is -1.88. The van der Waals surface area contributed by atoms with Crippen molar-refractivity contribution in [3.8, 4) is 0 Å². The topological polar surface area (TPSA) is 41.6 Å². The number of aromatic nitrogens is 3. The number of H-pyrrole nitrogens is 1. The third-order valence-electron chi connectivity index (χ3n) is 2.23. The Morgan fingerprint density at radius 1 is 1.43 bits per heavy atom. The van der Waals surface area contributed by atoms with Crippen LogP contribution in [-0.2, 0) is 0 Å². The number of pyridine rings is 1. The fourth-order valence-electron chi connectivity index (χ4n) is 1.47. The number of rotatable bonds is 2. The third-order valence-corrected chi connectivity index (χ3v) is 2.87. The van der Waals surface area contributed by atoms with E-state index in [1.54, 1.807) is 11.8 Å². The molecular weight excluding hydrogens is 194 g/mol. The van der Waals surface area contributed by atoms with Gasteiger partial charge in [0.2, 0.25) is 0 Å². The number of nitrogens with zero attached hydrogens (tertiary/aromatic N) is 2. The highest BCUT2D eigenvalue weighted by Crippen LogP contribution is 2.24. The summed E-state index contributed by atoms with van der Waals surface area (Å²) in [5.41, 5.74) is 2.14. The normalized spacial score (nSPS) is 11.4. The lowest BCUT2D eigenvalue weighted by Gasteiger charge is -2.01. The highest BCUT2D eigenvalue weighted by molar-refractivity contribution is 7.98. The molecule has 0 unspecified atom stereocenters. The van der Waals surface area contributed by atoms with E-state index in [4.69, 9.17) is 0 Å². The summed E-state index contributed by atoms with van der Waals surface area (Å²) in [6.45, 7) is 4.32. The van der Waals surface area contributed by atoms with E-state index >= 15 is 0 Å². The molecule has 1 N–H and O–H groups in total. The van der Waals surface area contributed by atoms with E-state index < -0.39 is 0 Å². The van der Waals surface area contributed by atoms with Crippen LogP contribution in [0.2, 0.25) is 0 Å². The van der Waals surface area contributed by atoms with Gasteiger partial charge in [-0.15, -0.1) is 11.8 Å². The van der Waals surface area contributed by atoms with Crippen molar-refractivity contribution in [1.82, 2.24) is 15.2 Å². The quantitative estimate of drug-likeness (QED) is 0.770. The van der Waals surface area contributed by atoms with Crippen molar-refractivity contribution in [3.63, 3.8) is 0 Å². The molecule has 4 heteroatoms. The molecule has 2 aromatic heterocycles. The number of aromatic amines is 1. The first-order valence-electron chi connectivity index (χ1n) is 4.60. The molecule has 0 saturated carbocycles. The fourth-order valence-corrected chi connectivity index (χ4v) is 1.86. The summed E-state index contributed by atoms with van der Waals surface area (Å²) < 4.78 is 0. The number of hydrogen-bond acceptors (Lipinski definition) is 3. The van der Waals surface area contributed by atoms with Crippen LogP contribution in [0, 0.1) is 0 Å². The van der Waals surface area contributed by atoms with Gasteiger partial charge < -0.3 is 0 Å². The second-order valence-corrected chi connectivity index (χ2v) is 4.36. The van der Waals surface area contributed by atoms with Crippen LogP contribution in [0.15, 0.2) is 17.3 Å². The lowest BCUT2D eigenvalue weighted by molar-refractivity contribution is 0.818. The largest absolute Gasteiger partial charge is 0.281 e. The SMILES string of the molecule is CSc1cc2c(C(C)C)[nH]nc2cn1. The van der Waals surface area contributed by atoms with Crippen molar-refractivity contribution in [3.05, 3.63) is 18.0 Å². The van der Waals surface area contributed by atoms with Gasteiger partial charge in [-0.3, -0.25) is 5.10 Å². The van der Waals surface area contributed by atoms with Gasteiger partial charge in [-0.1, -0.05) is 13.8 Å². The molecule has 0 aliphatic carbocycles. The third kappa shape index (κ3) is 1.50. The van der Waals surface area contributed by atoms with Crippen molar-refractivity contribution in [2.45, 2.75) is 24.8 Å². The lowest BCUT2D eigenvalue weighted by atomic mass is 10.1. The van der Waals surface area contributed by atoms with Crippen molar-refractivity contribution in [1.29, 1.82) is 0 Å². The smallest absolute Gasteiger partial charge is 0.111 e. The molecule has 74 valence electrons. The maximum Gasteiger partial charge on any atom is 0.111 e. The second-order valence-electron chi connectivity index (χ2n) is 3.54. The van der Waals surface area contributed by atoms with Gasteiger partial charge in [-0.25, -0.2) is 4.98 Å². The predicted molar refractivity (Wildman–Crippen MR) is 59.8 cm³/mol. The number of nitrogens with one attached hydrogen (secondary N) is 1. The van der Waals surface area contributed by atoms with Gasteiger partial charge in [0.05, 0.1) is 11.2 Å². The molecule has 0 aromatic carbocycles. The number of fused-ring (bicyclic) bond motifs is 1. The van der Waals surface area contributed by atoms with Crippen LogP contribution in [0.25, 0.3) is 10.9 Å². The van der Waals surface area contributed by atoms with Crippen molar-refractivity contribution in [2.24, 2.45) is 0 Å². The summed E-state index contributed by atoms with van der Waals surface area (Å²) in [6, 6.07) is 2.10. The molecule has 0 aliphatic heterocycles. The van der Waals surface area contributed by atoms with Crippen molar-refractivity contribution < 1.29 is 0 Å². The van der Waals surface area contributed by atoms with E-state index in [0.717, 1.165) is 10.5 Å². The Bertz CT molecular complexity index is 448. The second kappa shape index (κ2) is 3.61. The zero-order chi connectivity index (χ0) is 10.1. The molecule has 2 aromatic rings. The van der Waals surface area contributed by atoms with E-state index in [9.17, 15) is 0 Å². The highest BCUT2D eigenvalue weighted by atomic mass is 32.2. The minimum absolute atomic E-state index is 0.470. The van der Waals surface area contributed by atoms with Crippen molar-refractivity contribution in [2.75, 3.05) is 6.26 Å². The highest BCUT2D eigenvalue weighted by Gasteiger charge is 2.09. The Kier molecular flexibility index (Phi) is 2.46. The molecule has 3 nitrogen and oxygen atoms in total. The van der Waals surface area contributed by atoms with Crippen LogP contribution in [0.5, 0.6) is 0 Å². The summed E-state index contributed by atoms with van der Waals surface area (Å²) in [6.07, 6.45) is 3.85. The van der Waals surface area contributed by atoms with Crippen LogP contribution in [0.4, 0.5) is 0 Å². The zero-order valence-corrected chi connectivity index (χ0v) is 9.35. The maximum absolute atomic E-state index is 4.28. The summed E-state index contributed by atoms with van der Waals surface area (Å²) in [4.78, 5) is 4.28. The van der Waals surface area contributed by atoms with Gasteiger partial charge in [0.15, 0.2) is 0 Å². The van der Waals surface area contributed by atoms with Gasteiger partial charge in [0.1, 0.15) is 5.52 Å². The zero-order valence-electron chi connectivity index (χ0n) is 8.53. The van der Waals surface area contributed by atoms with Gasteiger partial charge in [0, 0.05) is 11.1 Å². The Balaban J connectivity index is 2.63. The van der Waals surface area contributed by atoms with Gasteiger partial charge in [-0.2, -0.15) is 5.10 Å². The van der Waals surface area contributed by atoms with Crippen LogP contribution in [0.1, 0.15) is 25.5 Å². The van der Waals surface area contributed by atoms with E-state index in [2.05, 4.69) is 35.1 Å². The molecule has 0 saturated heterocycles. The van der Waals surface area contributed by atoms with Crippen LogP contribution in [0.3, 0.4) is 0 Å². The average Bonchev–Trinajstić information content (AvgIpc) is 2.59. The minimum Gasteiger partial charge on any atom is -0.281 e. The standard InChI is InChI=1S/C10H13N3S/c1-6(2)10-7-4-9(14-3)11-5-8(7)12-13-10/h4-6H,1-3H3,(H,12,13). The van der Waals surface area contributed by atoms with Crippen LogP contribution in [-0.4, -0.2) is 21.4 Å².